The lowest BCUT2D eigenvalue weighted by atomic mass is 10.1. The predicted octanol–water partition coefficient (Wildman–Crippen LogP) is 4.05. The fraction of sp³-hybridized carbons (Fsp3) is 0.286. The van der Waals surface area contributed by atoms with E-state index in [1.54, 1.807) is 42.0 Å². The van der Waals surface area contributed by atoms with Crippen molar-refractivity contribution in [3.63, 3.8) is 0 Å². The topological polar surface area (TPSA) is 71.8 Å². The van der Waals surface area contributed by atoms with Crippen molar-refractivity contribution in [2.45, 2.75) is 25.7 Å². The molecular formula is C21H22F3N5O2. The Morgan fingerprint density at radius 2 is 2.19 bits per heavy atom. The van der Waals surface area contributed by atoms with Crippen molar-refractivity contribution >= 4 is 11.7 Å². The van der Waals surface area contributed by atoms with Crippen LogP contribution in [0.25, 0.3) is 16.9 Å². The molecule has 0 aliphatic heterocycles. The molecule has 2 amide bonds. The van der Waals surface area contributed by atoms with E-state index in [2.05, 4.69) is 16.5 Å². The van der Waals surface area contributed by atoms with Crippen LogP contribution < -0.4 is 10.1 Å². The van der Waals surface area contributed by atoms with Crippen LogP contribution in [0, 0.1) is 0 Å². The SMILES string of the molecule is C=CC(NC(=O)N(CC)Cc1cccc(-c2cn3ccnc3c(OC)n2)c1)C(F)(F)F. The van der Waals surface area contributed by atoms with Crippen LogP contribution in [0.2, 0.25) is 0 Å². The summed E-state index contributed by atoms with van der Waals surface area (Å²) in [5.41, 5.74) is 2.71. The van der Waals surface area contributed by atoms with Crippen LogP contribution in [0.4, 0.5) is 18.0 Å². The molecule has 0 fully saturated rings. The first-order chi connectivity index (χ1) is 14.8. The maximum Gasteiger partial charge on any atom is 0.412 e. The van der Waals surface area contributed by atoms with E-state index in [4.69, 9.17) is 4.74 Å². The summed E-state index contributed by atoms with van der Waals surface area (Å²) in [7, 11) is 1.51. The number of alkyl halides is 3. The molecule has 1 N–H and O–H groups in total. The lowest BCUT2D eigenvalue weighted by Crippen LogP contribution is -2.49. The van der Waals surface area contributed by atoms with Gasteiger partial charge in [0.2, 0.25) is 0 Å². The second-order valence-electron chi connectivity index (χ2n) is 6.71. The number of nitrogens with one attached hydrogen (secondary N) is 1. The number of nitrogens with zero attached hydrogens (tertiary/aromatic N) is 4. The molecule has 0 aliphatic carbocycles. The Hall–Kier alpha value is -3.56. The molecule has 0 radical (unpaired) electrons. The van der Waals surface area contributed by atoms with Crippen molar-refractivity contribution in [3.8, 4) is 17.1 Å². The maximum atomic E-state index is 12.9. The van der Waals surface area contributed by atoms with Gasteiger partial charge < -0.3 is 19.4 Å². The number of benzene rings is 1. The number of carbonyl (C=O) groups is 1. The highest BCUT2D eigenvalue weighted by atomic mass is 19.4. The van der Waals surface area contributed by atoms with Gasteiger partial charge in [-0.15, -0.1) is 6.58 Å². The van der Waals surface area contributed by atoms with E-state index in [0.717, 1.165) is 11.1 Å². The van der Waals surface area contributed by atoms with Gasteiger partial charge in [0.05, 0.1) is 12.8 Å². The van der Waals surface area contributed by atoms with E-state index >= 15 is 0 Å². The molecular weight excluding hydrogens is 411 g/mol. The van der Waals surface area contributed by atoms with Gasteiger partial charge in [0.1, 0.15) is 6.04 Å². The van der Waals surface area contributed by atoms with Gasteiger partial charge in [0, 0.05) is 37.2 Å². The van der Waals surface area contributed by atoms with Gasteiger partial charge in [-0.25, -0.2) is 14.8 Å². The quantitative estimate of drug-likeness (QED) is 0.571. The van der Waals surface area contributed by atoms with Crippen LogP contribution in [0.3, 0.4) is 0 Å². The van der Waals surface area contributed by atoms with Crippen LogP contribution in [0.5, 0.6) is 5.88 Å². The second kappa shape index (κ2) is 9.07. The minimum atomic E-state index is -4.60. The molecule has 1 unspecified atom stereocenters. The number of methoxy groups -OCH3 is 1. The zero-order valence-corrected chi connectivity index (χ0v) is 17.1. The average Bonchev–Trinajstić information content (AvgIpc) is 3.23. The molecule has 7 nitrogen and oxygen atoms in total. The molecule has 0 bridgehead atoms. The Morgan fingerprint density at radius 1 is 1.42 bits per heavy atom. The third-order valence-corrected chi connectivity index (χ3v) is 4.67. The third kappa shape index (κ3) is 4.96. The minimum Gasteiger partial charge on any atom is -0.478 e. The van der Waals surface area contributed by atoms with Crippen LogP contribution in [-0.4, -0.2) is 51.2 Å². The number of halogens is 3. The molecule has 10 heteroatoms. The minimum absolute atomic E-state index is 0.127. The lowest BCUT2D eigenvalue weighted by molar-refractivity contribution is -0.142. The molecule has 0 saturated carbocycles. The Morgan fingerprint density at radius 3 is 2.84 bits per heavy atom. The fourth-order valence-electron chi connectivity index (χ4n) is 3.05. The standard InChI is InChI=1S/C21H22F3N5O2/c1-4-17(21(22,23)24)27-20(30)28(5-2)12-14-7-6-8-15(11-14)16-13-29-10-9-25-18(29)19(26-16)31-3/h4,6-11,13,17H,1,5,12H2,2-3H3,(H,27,30). The second-order valence-corrected chi connectivity index (χ2v) is 6.71. The van der Waals surface area contributed by atoms with Crippen molar-refractivity contribution in [1.29, 1.82) is 0 Å². The zero-order valence-electron chi connectivity index (χ0n) is 17.1. The summed E-state index contributed by atoms with van der Waals surface area (Å²) in [4.78, 5) is 22.3. The number of hydrogen-bond acceptors (Lipinski definition) is 4. The van der Waals surface area contributed by atoms with Gasteiger partial charge in [-0.3, -0.25) is 0 Å². The highest BCUT2D eigenvalue weighted by Gasteiger charge is 2.39. The first-order valence-corrected chi connectivity index (χ1v) is 9.48. The predicted molar refractivity (Wildman–Crippen MR) is 110 cm³/mol. The summed E-state index contributed by atoms with van der Waals surface area (Å²) < 4.78 is 45.9. The molecule has 3 aromatic rings. The fourth-order valence-corrected chi connectivity index (χ4v) is 3.05. The first-order valence-electron chi connectivity index (χ1n) is 9.48. The van der Waals surface area contributed by atoms with Crippen LogP contribution in [0.1, 0.15) is 12.5 Å². The maximum absolute atomic E-state index is 12.9. The molecule has 0 spiro atoms. The number of amides is 2. The molecule has 2 heterocycles. The van der Waals surface area contributed by atoms with Crippen LogP contribution >= 0.6 is 0 Å². The van der Waals surface area contributed by atoms with E-state index in [1.807, 2.05) is 17.4 Å². The average molecular weight is 433 g/mol. The van der Waals surface area contributed by atoms with E-state index in [-0.39, 0.29) is 13.1 Å². The Bertz CT molecular complexity index is 1080. The highest BCUT2D eigenvalue weighted by molar-refractivity contribution is 5.75. The summed E-state index contributed by atoms with van der Waals surface area (Å²) in [5.74, 6) is 0.366. The van der Waals surface area contributed by atoms with Crippen molar-refractivity contribution in [3.05, 3.63) is 61.1 Å². The molecule has 1 atom stereocenters. The zero-order chi connectivity index (χ0) is 22.6. The number of hydrogen-bond donors (Lipinski definition) is 1. The van der Waals surface area contributed by atoms with Crippen molar-refractivity contribution in [2.75, 3.05) is 13.7 Å². The molecule has 164 valence electrons. The highest BCUT2D eigenvalue weighted by Crippen LogP contribution is 2.25. The number of imidazole rings is 1. The van der Waals surface area contributed by atoms with Crippen LogP contribution in [0.15, 0.2) is 55.5 Å². The smallest absolute Gasteiger partial charge is 0.412 e. The third-order valence-electron chi connectivity index (χ3n) is 4.67. The number of carbonyl (C=O) groups excluding carboxylic acids is 1. The van der Waals surface area contributed by atoms with Crippen LogP contribution in [-0.2, 0) is 6.54 Å². The Labute approximate surface area is 177 Å². The largest absolute Gasteiger partial charge is 0.478 e. The number of rotatable bonds is 7. The summed E-state index contributed by atoms with van der Waals surface area (Å²) >= 11 is 0. The number of urea groups is 1. The first kappa shape index (κ1) is 22.1. The van der Waals surface area contributed by atoms with E-state index < -0.39 is 18.2 Å². The number of aromatic nitrogens is 3. The van der Waals surface area contributed by atoms with Crippen molar-refractivity contribution < 1.29 is 22.7 Å². The van der Waals surface area contributed by atoms with E-state index in [0.29, 0.717) is 23.3 Å². The van der Waals surface area contributed by atoms with Gasteiger partial charge in [0.15, 0.2) is 5.65 Å². The molecule has 1 aromatic carbocycles. The molecule has 31 heavy (non-hydrogen) atoms. The van der Waals surface area contributed by atoms with E-state index in [9.17, 15) is 18.0 Å². The normalized spacial score (nSPS) is 12.4. The molecule has 0 aliphatic rings. The number of ether oxygens (including phenoxy) is 1. The van der Waals surface area contributed by atoms with Crippen molar-refractivity contribution in [2.24, 2.45) is 0 Å². The van der Waals surface area contributed by atoms with Gasteiger partial charge in [-0.2, -0.15) is 13.2 Å². The lowest BCUT2D eigenvalue weighted by Gasteiger charge is -2.25. The summed E-state index contributed by atoms with van der Waals surface area (Å²) in [6.07, 6.45) is 1.26. The summed E-state index contributed by atoms with van der Waals surface area (Å²) in [6.45, 7) is 5.20. The van der Waals surface area contributed by atoms with Gasteiger partial charge in [-0.05, 0) is 18.6 Å². The summed E-state index contributed by atoms with van der Waals surface area (Å²) in [6, 6.07) is 4.33. The molecule has 0 saturated heterocycles. The van der Waals surface area contributed by atoms with Crippen molar-refractivity contribution in [1.82, 2.24) is 24.6 Å². The van der Waals surface area contributed by atoms with Gasteiger partial charge in [0.25, 0.3) is 5.88 Å². The monoisotopic (exact) mass is 433 g/mol. The molecule has 2 aromatic heterocycles. The Balaban J connectivity index is 1.82. The van der Waals surface area contributed by atoms with Gasteiger partial charge >= 0.3 is 12.2 Å². The number of fused-ring (bicyclic) bond motifs is 1. The Kier molecular flexibility index (Phi) is 6.47. The van der Waals surface area contributed by atoms with E-state index in [1.165, 1.54) is 12.0 Å². The van der Waals surface area contributed by atoms with Gasteiger partial charge in [-0.1, -0.05) is 24.3 Å². The molecule has 3 rings (SSSR count). The summed E-state index contributed by atoms with van der Waals surface area (Å²) in [5, 5.41) is 1.96.